The van der Waals surface area contributed by atoms with Crippen LogP contribution in [0, 0.1) is 11.8 Å². The van der Waals surface area contributed by atoms with Crippen molar-refractivity contribution >= 4 is 29.1 Å². The van der Waals surface area contributed by atoms with Gasteiger partial charge in [-0.1, -0.05) is 18.0 Å². The normalized spacial score (nSPS) is 19.2. The number of halogens is 1. The first-order valence-corrected chi connectivity index (χ1v) is 9.58. The number of nitrogens with two attached hydrogens (primary N) is 1. The Balaban J connectivity index is 1.94. The van der Waals surface area contributed by atoms with Crippen LogP contribution in [0.25, 0.3) is 0 Å². The molecule has 0 radical (unpaired) electrons. The van der Waals surface area contributed by atoms with Crippen LogP contribution in [0.5, 0.6) is 5.75 Å². The van der Waals surface area contributed by atoms with Gasteiger partial charge in [0, 0.05) is 24.7 Å². The molecular weight excluding hydrogens is 354 g/mol. The maximum atomic E-state index is 12.4. The van der Waals surface area contributed by atoms with Crippen molar-refractivity contribution in [3.05, 3.63) is 23.2 Å². The van der Waals surface area contributed by atoms with Gasteiger partial charge >= 0.3 is 0 Å². The van der Waals surface area contributed by atoms with E-state index >= 15 is 0 Å². The molecule has 144 valence electrons. The summed E-state index contributed by atoms with van der Waals surface area (Å²) in [7, 11) is 0. The van der Waals surface area contributed by atoms with Gasteiger partial charge in [-0.15, -0.1) is 0 Å². The summed E-state index contributed by atoms with van der Waals surface area (Å²) >= 11 is 6.24. The molecule has 3 N–H and O–H groups in total. The molecule has 1 aliphatic carbocycles. The Morgan fingerprint density at radius 2 is 2.04 bits per heavy atom. The van der Waals surface area contributed by atoms with Crippen LogP contribution < -0.4 is 15.8 Å². The molecule has 2 amide bonds. The van der Waals surface area contributed by atoms with Crippen molar-refractivity contribution in [2.45, 2.75) is 33.1 Å². The summed E-state index contributed by atoms with van der Waals surface area (Å²) in [5, 5.41) is 3.27. The average molecular weight is 382 g/mol. The van der Waals surface area contributed by atoms with E-state index in [4.69, 9.17) is 22.1 Å². The number of carbonyl (C=O) groups excluding carboxylic acids is 2. The molecule has 1 saturated carbocycles. The van der Waals surface area contributed by atoms with Crippen LogP contribution in [-0.2, 0) is 9.59 Å². The maximum absolute atomic E-state index is 12.4. The molecule has 1 aliphatic rings. The fraction of sp³-hybridized carbons (Fsp3) is 0.579. The topological polar surface area (TPSA) is 84.7 Å². The summed E-state index contributed by atoms with van der Waals surface area (Å²) < 4.78 is 5.53. The molecule has 0 unspecified atom stereocenters. The van der Waals surface area contributed by atoms with Crippen molar-refractivity contribution in [2.75, 3.05) is 31.6 Å². The van der Waals surface area contributed by atoms with E-state index in [-0.39, 0.29) is 30.3 Å². The fourth-order valence-electron chi connectivity index (χ4n) is 3.40. The largest absolute Gasteiger partial charge is 0.482 e. The van der Waals surface area contributed by atoms with Gasteiger partial charge in [-0.05, 0) is 57.4 Å². The zero-order chi connectivity index (χ0) is 19.1. The van der Waals surface area contributed by atoms with Gasteiger partial charge in [0.05, 0.1) is 5.02 Å². The monoisotopic (exact) mass is 381 g/mol. The van der Waals surface area contributed by atoms with E-state index in [0.29, 0.717) is 36.1 Å². The van der Waals surface area contributed by atoms with Crippen LogP contribution in [0.4, 0.5) is 5.69 Å². The minimum absolute atomic E-state index is 0.0144. The first-order valence-electron chi connectivity index (χ1n) is 9.21. The lowest BCUT2D eigenvalue weighted by atomic mass is 9.95. The molecule has 0 bridgehead atoms. The third kappa shape index (κ3) is 5.11. The third-order valence-electron chi connectivity index (χ3n) is 4.97. The van der Waals surface area contributed by atoms with E-state index in [2.05, 4.69) is 5.32 Å². The lowest BCUT2D eigenvalue weighted by Crippen LogP contribution is -2.34. The average Bonchev–Trinajstić information content (AvgIpc) is 3.11. The van der Waals surface area contributed by atoms with Crippen LogP contribution in [0.1, 0.15) is 33.1 Å². The summed E-state index contributed by atoms with van der Waals surface area (Å²) in [5.74, 6) is 0.531. The number of likely N-dealkylation sites (N-methyl/N-ethyl adjacent to an activating group) is 1. The van der Waals surface area contributed by atoms with Gasteiger partial charge in [0.25, 0.3) is 5.91 Å². The number of nitrogens with zero attached hydrogens (tertiary/aromatic N) is 1. The van der Waals surface area contributed by atoms with E-state index in [1.54, 1.807) is 23.1 Å². The molecule has 1 aromatic rings. The lowest BCUT2D eigenvalue weighted by molar-refractivity contribution is -0.133. The zero-order valence-electron chi connectivity index (χ0n) is 15.5. The molecule has 0 saturated heterocycles. The van der Waals surface area contributed by atoms with Crippen LogP contribution in [-0.4, -0.2) is 43.0 Å². The van der Waals surface area contributed by atoms with Crippen molar-refractivity contribution in [3.63, 3.8) is 0 Å². The quantitative estimate of drug-likeness (QED) is 0.725. The number of anilines is 1. The third-order valence-corrected chi connectivity index (χ3v) is 5.26. The van der Waals surface area contributed by atoms with Crippen LogP contribution in [0.3, 0.4) is 0 Å². The van der Waals surface area contributed by atoms with E-state index in [0.717, 1.165) is 19.3 Å². The Labute approximate surface area is 160 Å². The van der Waals surface area contributed by atoms with Crippen molar-refractivity contribution in [1.82, 2.24) is 4.90 Å². The molecule has 6 nitrogen and oxygen atoms in total. The van der Waals surface area contributed by atoms with Gasteiger partial charge in [-0.2, -0.15) is 0 Å². The number of hydrogen-bond donors (Lipinski definition) is 2. The molecule has 7 heteroatoms. The SMILES string of the molecule is CCN(CC)C(=O)COc1ccc(NC(=O)[C@@H]2CCC[C@@H]2CN)cc1Cl. The van der Waals surface area contributed by atoms with Crippen molar-refractivity contribution < 1.29 is 14.3 Å². The highest BCUT2D eigenvalue weighted by Gasteiger charge is 2.31. The van der Waals surface area contributed by atoms with Crippen LogP contribution >= 0.6 is 11.6 Å². The van der Waals surface area contributed by atoms with Crippen LogP contribution in [0.2, 0.25) is 5.02 Å². The highest BCUT2D eigenvalue weighted by Crippen LogP contribution is 2.33. The second kappa shape index (κ2) is 9.78. The number of rotatable bonds is 8. The molecular formula is C19H28ClN3O3. The van der Waals surface area contributed by atoms with Gasteiger partial charge in [0.2, 0.25) is 5.91 Å². The first kappa shape index (κ1) is 20.5. The van der Waals surface area contributed by atoms with Gasteiger partial charge in [-0.3, -0.25) is 9.59 Å². The van der Waals surface area contributed by atoms with Crippen LogP contribution in [0.15, 0.2) is 18.2 Å². The number of hydrogen-bond acceptors (Lipinski definition) is 4. The van der Waals surface area contributed by atoms with E-state index in [1.165, 1.54) is 0 Å². The second-order valence-corrected chi connectivity index (χ2v) is 6.93. The number of ether oxygens (including phenoxy) is 1. The minimum atomic E-state index is -0.0856. The van der Waals surface area contributed by atoms with Gasteiger partial charge in [0.15, 0.2) is 6.61 Å². The molecule has 0 heterocycles. The smallest absolute Gasteiger partial charge is 0.260 e. The molecule has 0 spiro atoms. The predicted octanol–water partition coefficient (Wildman–Crippen LogP) is 2.90. The summed E-state index contributed by atoms with van der Waals surface area (Å²) in [6.45, 7) is 5.60. The number of nitrogens with one attached hydrogen (secondary N) is 1. The molecule has 1 aromatic carbocycles. The Kier molecular flexibility index (Phi) is 7.72. The van der Waals surface area contributed by atoms with E-state index in [9.17, 15) is 9.59 Å². The Bertz CT molecular complexity index is 634. The fourth-order valence-corrected chi connectivity index (χ4v) is 3.64. The molecule has 1 fully saturated rings. The highest BCUT2D eigenvalue weighted by atomic mass is 35.5. The standard InChI is InChI=1S/C19H28ClN3O3/c1-3-23(4-2)18(24)12-26-17-9-8-14(10-16(17)20)22-19(25)15-7-5-6-13(15)11-21/h8-10,13,15H,3-7,11-12,21H2,1-2H3,(H,22,25)/t13-,15-/m1/s1. The Morgan fingerprint density at radius 3 is 2.65 bits per heavy atom. The summed E-state index contributed by atoms with van der Waals surface area (Å²) in [6.07, 6.45) is 2.91. The van der Waals surface area contributed by atoms with Gasteiger partial charge in [0.1, 0.15) is 5.75 Å². The summed E-state index contributed by atoms with van der Waals surface area (Å²) in [6, 6.07) is 5.04. The molecule has 26 heavy (non-hydrogen) atoms. The number of amides is 2. The van der Waals surface area contributed by atoms with E-state index < -0.39 is 0 Å². The molecule has 0 aliphatic heterocycles. The van der Waals surface area contributed by atoms with Gasteiger partial charge in [-0.25, -0.2) is 0 Å². The zero-order valence-corrected chi connectivity index (χ0v) is 16.2. The second-order valence-electron chi connectivity index (χ2n) is 6.52. The van der Waals surface area contributed by atoms with Gasteiger partial charge < -0.3 is 20.7 Å². The molecule has 2 rings (SSSR count). The number of benzene rings is 1. The maximum Gasteiger partial charge on any atom is 0.260 e. The molecule has 2 atom stereocenters. The van der Waals surface area contributed by atoms with E-state index in [1.807, 2.05) is 13.8 Å². The Hall–Kier alpha value is -1.79. The van der Waals surface area contributed by atoms with Crippen molar-refractivity contribution in [1.29, 1.82) is 0 Å². The molecule has 0 aromatic heterocycles. The summed E-state index contributed by atoms with van der Waals surface area (Å²) in [4.78, 5) is 26.1. The lowest BCUT2D eigenvalue weighted by Gasteiger charge is -2.19. The predicted molar refractivity (Wildman–Crippen MR) is 103 cm³/mol. The minimum Gasteiger partial charge on any atom is -0.482 e. The number of carbonyl (C=O) groups is 2. The van der Waals surface area contributed by atoms with Crippen molar-refractivity contribution in [2.24, 2.45) is 17.6 Å². The first-order chi connectivity index (χ1) is 12.5. The Morgan fingerprint density at radius 1 is 1.31 bits per heavy atom. The highest BCUT2D eigenvalue weighted by molar-refractivity contribution is 6.32. The summed E-state index contributed by atoms with van der Waals surface area (Å²) in [5.41, 5.74) is 6.37. The van der Waals surface area contributed by atoms with Crippen molar-refractivity contribution in [3.8, 4) is 5.75 Å².